The Kier molecular flexibility index (Phi) is 5.30. The van der Waals surface area contributed by atoms with Gasteiger partial charge in [-0.3, -0.25) is 24.3 Å². The quantitative estimate of drug-likeness (QED) is 0.509. The van der Waals surface area contributed by atoms with Gasteiger partial charge >= 0.3 is 5.69 Å². The van der Waals surface area contributed by atoms with Crippen LogP contribution in [-0.4, -0.2) is 30.4 Å². The van der Waals surface area contributed by atoms with Crippen molar-refractivity contribution in [3.8, 4) is 0 Å². The van der Waals surface area contributed by atoms with Gasteiger partial charge in [-0.1, -0.05) is 36.8 Å². The Bertz CT molecular complexity index is 961. The first-order valence-electron chi connectivity index (χ1n) is 8.53. The Balaban J connectivity index is 1.67. The summed E-state index contributed by atoms with van der Waals surface area (Å²) in [5.74, 6) is -0.300. The molecule has 0 saturated carbocycles. The molecule has 3 rings (SSSR count). The molecule has 3 aromatic rings. The van der Waals surface area contributed by atoms with Crippen molar-refractivity contribution in [1.29, 1.82) is 0 Å². The van der Waals surface area contributed by atoms with Gasteiger partial charge in [-0.25, -0.2) is 0 Å². The molecule has 0 bridgehead atoms. The second-order valence-corrected chi connectivity index (χ2v) is 6.26. The Morgan fingerprint density at radius 1 is 1.30 bits per heavy atom. The van der Waals surface area contributed by atoms with E-state index in [1.165, 1.54) is 16.4 Å². The fourth-order valence-electron chi connectivity index (χ4n) is 2.82. The second kappa shape index (κ2) is 7.81. The molecule has 0 radical (unpaired) electrons. The van der Waals surface area contributed by atoms with Crippen molar-refractivity contribution in [2.45, 2.75) is 32.9 Å². The second-order valence-electron chi connectivity index (χ2n) is 6.26. The normalized spacial score (nSPS) is 11.9. The topological polar surface area (TPSA) is 108 Å². The number of aryl methyl sites for hydroxylation is 1. The summed E-state index contributed by atoms with van der Waals surface area (Å²) in [5.41, 5.74) is 2.71. The van der Waals surface area contributed by atoms with Crippen LogP contribution in [0.2, 0.25) is 0 Å². The van der Waals surface area contributed by atoms with E-state index in [2.05, 4.69) is 21.6 Å². The third-order valence-corrected chi connectivity index (χ3v) is 4.14. The van der Waals surface area contributed by atoms with Crippen LogP contribution in [0.4, 0.5) is 11.4 Å². The van der Waals surface area contributed by atoms with Crippen LogP contribution in [0.3, 0.4) is 0 Å². The molecule has 1 N–H and O–H groups in total. The van der Waals surface area contributed by atoms with E-state index in [1.54, 1.807) is 17.1 Å². The van der Waals surface area contributed by atoms with E-state index in [-0.39, 0.29) is 11.6 Å². The zero-order chi connectivity index (χ0) is 19.4. The number of anilines is 1. The minimum atomic E-state index is -0.640. The van der Waals surface area contributed by atoms with Gasteiger partial charge in [0, 0.05) is 6.20 Å². The lowest BCUT2D eigenvalue weighted by molar-refractivity contribution is -0.385. The molecule has 140 valence electrons. The number of hydrogen-bond acceptors (Lipinski definition) is 5. The molecule has 1 unspecified atom stereocenters. The number of carbonyl (C=O) groups is 1. The summed E-state index contributed by atoms with van der Waals surface area (Å²) in [4.78, 5) is 22.8. The molecular weight excluding hydrogens is 348 g/mol. The smallest absolute Gasteiger partial charge is 0.307 e. The first-order chi connectivity index (χ1) is 13.0. The molecule has 9 heteroatoms. The molecule has 0 spiro atoms. The minimum Gasteiger partial charge on any atom is -0.322 e. The maximum absolute atomic E-state index is 12.6. The summed E-state index contributed by atoms with van der Waals surface area (Å²) >= 11 is 0. The molecule has 2 heterocycles. The zero-order valence-corrected chi connectivity index (χ0v) is 15.1. The average molecular weight is 368 g/mol. The van der Waals surface area contributed by atoms with Crippen LogP contribution in [0, 0.1) is 17.0 Å². The van der Waals surface area contributed by atoms with Crippen molar-refractivity contribution in [3.05, 3.63) is 70.3 Å². The highest BCUT2D eigenvalue weighted by Crippen LogP contribution is 2.18. The van der Waals surface area contributed by atoms with Crippen LogP contribution in [-0.2, 0) is 11.3 Å². The first-order valence-corrected chi connectivity index (χ1v) is 8.53. The molecule has 0 aliphatic carbocycles. The third kappa shape index (κ3) is 4.38. The Morgan fingerprint density at radius 3 is 2.78 bits per heavy atom. The van der Waals surface area contributed by atoms with Crippen molar-refractivity contribution in [3.63, 3.8) is 0 Å². The van der Waals surface area contributed by atoms with Crippen LogP contribution < -0.4 is 5.32 Å². The molecule has 1 aromatic carbocycles. The molecular formula is C18H20N6O3. The SMILES string of the molecule is CCC(C(=O)Nc1cnn(Cc2cccc(C)c2)c1)n1cc([N+](=O)[O-])cn1. The standard InChI is InChI=1S/C18H20N6O3/c1-3-17(23-12-16(9-20-23)24(26)27)18(25)21-15-8-19-22(11-15)10-14-6-4-5-13(2)7-14/h4-9,11-12,17H,3,10H2,1-2H3,(H,21,25). The fraction of sp³-hybridized carbons (Fsp3) is 0.278. The summed E-state index contributed by atoms with van der Waals surface area (Å²) in [6, 6.07) is 7.48. The monoisotopic (exact) mass is 368 g/mol. The zero-order valence-electron chi connectivity index (χ0n) is 15.1. The number of amides is 1. The van der Waals surface area contributed by atoms with Crippen molar-refractivity contribution in [2.24, 2.45) is 0 Å². The van der Waals surface area contributed by atoms with Crippen molar-refractivity contribution < 1.29 is 9.72 Å². The molecule has 0 aliphatic rings. The summed E-state index contributed by atoms with van der Waals surface area (Å²) in [5, 5.41) is 21.8. The summed E-state index contributed by atoms with van der Waals surface area (Å²) in [6.45, 7) is 4.45. The van der Waals surface area contributed by atoms with E-state index in [9.17, 15) is 14.9 Å². The van der Waals surface area contributed by atoms with E-state index in [0.717, 1.165) is 11.8 Å². The van der Waals surface area contributed by atoms with E-state index in [0.29, 0.717) is 18.7 Å². The van der Waals surface area contributed by atoms with Crippen molar-refractivity contribution in [2.75, 3.05) is 5.32 Å². The number of nitro groups is 1. The lowest BCUT2D eigenvalue weighted by Gasteiger charge is -2.14. The van der Waals surface area contributed by atoms with Crippen molar-refractivity contribution >= 4 is 17.3 Å². The van der Waals surface area contributed by atoms with Crippen LogP contribution >= 0.6 is 0 Å². The molecule has 0 aliphatic heterocycles. The van der Waals surface area contributed by atoms with Gasteiger partial charge in [0.25, 0.3) is 0 Å². The number of nitrogens with zero attached hydrogens (tertiary/aromatic N) is 5. The lowest BCUT2D eigenvalue weighted by Crippen LogP contribution is -2.25. The number of rotatable bonds is 7. The van der Waals surface area contributed by atoms with Crippen LogP contribution in [0.5, 0.6) is 0 Å². The molecule has 9 nitrogen and oxygen atoms in total. The molecule has 1 amide bonds. The molecule has 0 saturated heterocycles. The van der Waals surface area contributed by atoms with Crippen LogP contribution in [0.1, 0.15) is 30.5 Å². The number of carbonyl (C=O) groups excluding carboxylic acids is 1. The van der Waals surface area contributed by atoms with Gasteiger partial charge in [-0.05, 0) is 18.9 Å². The van der Waals surface area contributed by atoms with E-state index < -0.39 is 11.0 Å². The summed E-state index contributed by atoms with van der Waals surface area (Å²) in [6.07, 6.45) is 6.16. The Hall–Kier alpha value is -3.49. The highest BCUT2D eigenvalue weighted by molar-refractivity contribution is 5.93. The Morgan fingerprint density at radius 2 is 2.11 bits per heavy atom. The number of nitrogens with one attached hydrogen (secondary N) is 1. The maximum Gasteiger partial charge on any atom is 0.307 e. The predicted octanol–water partition coefficient (Wildman–Crippen LogP) is 2.93. The lowest BCUT2D eigenvalue weighted by atomic mass is 10.1. The van der Waals surface area contributed by atoms with E-state index in [1.807, 2.05) is 32.0 Å². The van der Waals surface area contributed by atoms with Crippen molar-refractivity contribution in [1.82, 2.24) is 19.6 Å². The van der Waals surface area contributed by atoms with Crippen LogP contribution in [0.15, 0.2) is 49.1 Å². The van der Waals surface area contributed by atoms with Gasteiger partial charge in [0.1, 0.15) is 18.4 Å². The Labute approximate surface area is 155 Å². The summed E-state index contributed by atoms with van der Waals surface area (Å²) in [7, 11) is 0. The van der Waals surface area contributed by atoms with Gasteiger partial charge < -0.3 is 5.32 Å². The highest BCUT2D eigenvalue weighted by atomic mass is 16.6. The highest BCUT2D eigenvalue weighted by Gasteiger charge is 2.22. The van der Waals surface area contributed by atoms with Gasteiger partial charge in [0.05, 0.1) is 23.4 Å². The van der Waals surface area contributed by atoms with Crippen LogP contribution in [0.25, 0.3) is 0 Å². The predicted molar refractivity (Wildman–Crippen MR) is 99.3 cm³/mol. The van der Waals surface area contributed by atoms with Gasteiger partial charge in [0.15, 0.2) is 0 Å². The average Bonchev–Trinajstić information content (AvgIpc) is 3.26. The van der Waals surface area contributed by atoms with E-state index >= 15 is 0 Å². The minimum absolute atomic E-state index is 0.146. The number of aromatic nitrogens is 4. The number of benzene rings is 1. The largest absolute Gasteiger partial charge is 0.322 e. The number of hydrogen-bond donors (Lipinski definition) is 1. The summed E-state index contributed by atoms with van der Waals surface area (Å²) < 4.78 is 3.05. The molecule has 1 atom stereocenters. The van der Waals surface area contributed by atoms with Gasteiger partial charge in [0.2, 0.25) is 5.91 Å². The molecule has 2 aromatic heterocycles. The van der Waals surface area contributed by atoms with Gasteiger partial charge in [-0.15, -0.1) is 0 Å². The molecule has 0 fully saturated rings. The first kappa shape index (κ1) is 18.3. The molecule has 27 heavy (non-hydrogen) atoms. The fourth-order valence-corrected chi connectivity index (χ4v) is 2.82. The van der Waals surface area contributed by atoms with E-state index in [4.69, 9.17) is 0 Å². The van der Waals surface area contributed by atoms with Gasteiger partial charge in [-0.2, -0.15) is 10.2 Å². The third-order valence-electron chi connectivity index (χ3n) is 4.14. The maximum atomic E-state index is 12.6.